The minimum absolute atomic E-state index is 0.0241. The lowest BCUT2D eigenvalue weighted by atomic mass is 9.92. The summed E-state index contributed by atoms with van der Waals surface area (Å²) in [5.41, 5.74) is 10.7. The number of primary amides is 1. The summed E-state index contributed by atoms with van der Waals surface area (Å²) in [7, 11) is 0. The highest BCUT2D eigenvalue weighted by molar-refractivity contribution is 5.94. The van der Waals surface area contributed by atoms with Gasteiger partial charge in [-0.25, -0.2) is 4.79 Å². The van der Waals surface area contributed by atoms with E-state index in [9.17, 15) is 28.8 Å². The Bertz CT molecular complexity index is 1230. The Balaban J connectivity index is 4.19. The zero-order valence-electron chi connectivity index (χ0n) is 38.2. The highest BCUT2D eigenvalue weighted by atomic mass is 16.6. The van der Waals surface area contributed by atoms with E-state index >= 15 is 0 Å². The summed E-state index contributed by atoms with van der Waals surface area (Å²) >= 11 is 0. The molecule has 7 amide bonds. The monoisotopic (exact) mass is 893 g/mol. The van der Waals surface area contributed by atoms with Crippen LogP contribution in [-0.4, -0.2) is 172 Å². The first-order valence-corrected chi connectivity index (χ1v) is 21.8. The molecular weight excluding hydrogens is 812 g/mol. The average Bonchev–Trinajstić information content (AvgIpc) is 3.19. The number of hydrogen-bond acceptors (Lipinski definition) is 14. The summed E-state index contributed by atoms with van der Waals surface area (Å²) in [5, 5.41) is 16.1. The number of unbranched alkanes of at least 4 members (excludes halogenated alkanes) is 1. The van der Waals surface area contributed by atoms with Gasteiger partial charge in [0.05, 0.1) is 92.5 Å². The van der Waals surface area contributed by atoms with Gasteiger partial charge in [-0.3, -0.25) is 24.0 Å². The van der Waals surface area contributed by atoms with Crippen molar-refractivity contribution < 1.29 is 61.9 Å². The predicted molar refractivity (Wildman–Crippen MR) is 232 cm³/mol. The van der Waals surface area contributed by atoms with Gasteiger partial charge < -0.3 is 76.5 Å². The van der Waals surface area contributed by atoms with E-state index in [2.05, 4.69) is 31.9 Å². The molecule has 0 heterocycles. The van der Waals surface area contributed by atoms with Crippen molar-refractivity contribution in [2.75, 3.05) is 119 Å². The molecule has 0 aromatic heterocycles. The quantitative estimate of drug-likeness (QED) is 0.0360. The van der Waals surface area contributed by atoms with Crippen LogP contribution in [0.25, 0.3) is 0 Å². The van der Waals surface area contributed by atoms with Crippen molar-refractivity contribution in [2.24, 2.45) is 22.8 Å². The van der Waals surface area contributed by atoms with E-state index in [1.54, 1.807) is 13.8 Å². The average molecular weight is 893 g/mol. The highest BCUT2D eigenvalue weighted by Crippen LogP contribution is 2.17. The van der Waals surface area contributed by atoms with Crippen LogP contribution in [0.3, 0.4) is 0 Å². The molecule has 0 saturated heterocycles. The van der Waals surface area contributed by atoms with Crippen LogP contribution in [-0.2, 0) is 57.1 Å². The third-order valence-electron chi connectivity index (χ3n) is 8.53. The molecule has 10 N–H and O–H groups in total. The summed E-state index contributed by atoms with van der Waals surface area (Å²) in [4.78, 5) is 74.3. The van der Waals surface area contributed by atoms with Gasteiger partial charge in [0.1, 0.15) is 18.1 Å². The van der Waals surface area contributed by atoms with Crippen molar-refractivity contribution in [3.63, 3.8) is 0 Å². The van der Waals surface area contributed by atoms with Gasteiger partial charge in [-0.2, -0.15) is 0 Å². The van der Waals surface area contributed by atoms with Crippen LogP contribution in [0.5, 0.6) is 0 Å². The smallest absolute Gasteiger partial charge is 0.312 e. The predicted octanol–water partition coefficient (Wildman–Crippen LogP) is -0.521. The number of carbonyl (C=O) groups excluding carboxylic acids is 6. The molecule has 0 bridgehead atoms. The van der Waals surface area contributed by atoms with Crippen molar-refractivity contribution >= 4 is 35.6 Å². The van der Waals surface area contributed by atoms with Crippen molar-refractivity contribution in [2.45, 2.75) is 98.2 Å². The van der Waals surface area contributed by atoms with E-state index in [4.69, 9.17) is 44.6 Å². The maximum absolute atomic E-state index is 13.4. The first-order valence-electron chi connectivity index (χ1n) is 21.8. The SMILES string of the molecule is CC(=O)N[C@@H](CCCCN)C(=O)N[C@H](C(=O)N[C@@H](CCCNC(N)=O)C(=O)NCCOCCOCCOCCOCCOCCOCCOCCNC(=O)CC(C)(C)C)C(C)C. The number of carbonyl (C=O) groups is 6. The molecular formula is C41H80N8O13. The summed E-state index contributed by atoms with van der Waals surface area (Å²) in [6, 6.07) is -3.52. The van der Waals surface area contributed by atoms with E-state index in [-0.39, 0.29) is 55.9 Å². The van der Waals surface area contributed by atoms with Crippen LogP contribution in [0.4, 0.5) is 4.79 Å². The minimum atomic E-state index is -0.993. The van der Waals surface area contributed by atoms with Gasteiger partial charge in [-0.1, -0.05) is 34.6 Å². The van der Waals surface area contributed by atoms with Crippen LogP contribution >= 0.6 is 0 Å². The Morgan fingerprint density at radius 3 is 1.37 bits per heavy atom. The van der Waals surface area contributed by atoms with Crippen LogP contribution in [0.15, 0.2) is 0 Å². The molecule has 0 aliphatic heterocycles. The fraction of sp³-hybridized carbons (Fsp3) is 0.854. The van der Waals surface area contributed by atoms with Crippen molar-refractivity contribution in [3.05, 3.63) is 0 Å². The van der Waals surface area contributed by atoms with Crippen LogP contribution in [0.2, 0.25) is 0 Å². The summed E-state index contributed by atoms with van der Waals surface area (Å²) in [5.74, 6) is -2.25. The molecule has 21 heteroatoms. The van der Waals surface area contributed by atoms with Crippen LogP contribution in [0.1, 0.15) is 80.1 Å². The summed E-state index contributed by atoms with van der Waals surface area (Å²) in [6.07, 6.45) is 2.63. The third-order valence-corrected chi connectivity index (χ3v) is 8.53. The van der Waals surface area contributed by atoms with Gasteiger partial charge >= 0.3 is 6.03 Å². The molecule has 0 aromatic rings. The first kappa shape index (κ1) is 58.3. The number of hydrogen-bond donors (Lipinski definition) is 8. The molecule has 0 unspecified atom stereocenters. The molecule has 0 saturated carbocycles. The molecule has 0 aromatic carbocycles. The second-order valence-electron chi connectivity index (χ2n) is 15.9. The topological polar surface area (TPSA) is 291 Å². The van der Waals surface area contributed by atoms with Crippen molar-refractivity contribution in [1.82, 2.24) is 31.9 Å². The van der Waals surface area contributed by atoms with Gasteiger partial charge in [0.25, 0.3) is 0 Å². The molecule has 362 valence electrons. The lowest BCUT2D eigenvalue weighted by molar-refractivity contribution is -0.134. The van der Waals surface area contributed by atoms with Gasteiger partial charge in [0.15, 0.2) is 0 Å². The van der Waals surface area contributed by atoms with Gasteiger partial charge in [0, 0.05) is 33.0 Å². The highest BCUT2D eigenvalue weighted by Gasteiger charge is 2.31. The standard InChI is InChI=1S/C41H80N8O13/c1-31(2)36(49-38(53)34(47-32(3)50)10-7-8-12-42)39(54)48-33(11-9-13-46-40(43)55)37(52)45-15-17-57-19-21-59-23-25-61-27-29-62-28-26-60-24-22-58-20-18-56-16-14-44-35(51)30-41(4,5)6/h31,33-34,36H,7-30,42H2,1-6H3,(H,44,51)(H,45,52)(H,47,50)(H,48,54)(H,49,53)(H3,43,46,55)/t33-,34-,36-/m0/s1. The van der Waals surface area contributed by atoms with E-state index in [1.165, 1.54) is 6.92 Å². The first-order chi connectivity index (χ1) is 29.6. The molecule has 0 radical (unpaired) electrons. The Morgan fingerprint density at radius 1 is 0.516 bits per heavy atom. The maximum Gasteiger partial charge on any atom is 0.312 e. The number of nitrogens with one attached hydrogen (secondary N) is 6. The Labute approximate surface area is 368 Å². The zero-order valence-corrected chi connectivity index (χ0v) is 38.2. The second kappa shape index (κ2) is 37.8. The molecule has 0 aliphatic rings. The zero-order chi connectivity index (χ0) is 46.4. The second-order valence-corrected chi connectivity index (χ2v) is 15.9. The lowest BCUT2D eigenvalue weighted by Gasteiger charge is -2.27. The lowest BCUT2D eigenvalue weighted by Crippen LogP contribution is -2.58. The van der Waals surface area contributed by atoms with E-state index in [0.717, 1.165) is 0 Å². The number of nitrogens with two attached hydrogens (primary N) is 2. The van der Waals surface area contributed by atoms with Gasteiger partial charge in [0.2, 0.25) is 29.5 Å². The Hall–Kier alpha value is -3.70. The molecule has 0 spiro atoms. The molecule has 3 atom stereocenters. The van der Waals surface area contributed by atoms with Crippen molar-refractivity contribution in [3.8, 4) is 0 Å². The number of ether oxygens (including phenoxy) is 7. The fourth-order valence-corrected chi connectivity index (χ4v) is 5.44. The largest absolute Gasteiger partial charge is 0.377 e. The molecule has 0 rings (SSSR count). The summed E-state index contributed by atoms with van der Waals surface area (Å²) < 4.78 is 38.4. The van der Waals surface area contributed by atoms with Gasteiger partial charge in [-0.15, -0.1) is 0 Å². The van der Waals surface area contributed by atoms with Crippen molar-refractivity contribution in [1.29, 1.82) is 0 Å². The number of rotatable bonds is 40. The third kappa shape index (κ3) is 35.9. The molecule has 21 nitrogen and oxygen atoms in total. The molecule has 0 fully saturated rings. The Kier molecular flexibility index (Phi) is 35.6. The van der Waals surface area contributed by atoms with E-state index < -0.39 is 41.9 Å². The maximum atomic E-state index is 13.4. The summed E-state index contributed by atoms with van der Waals surface area (Å²) in [6.45, 7) is 17.6. The van der Waals surface area contributed by atoms with Crippen LogP contribution in [0, 0.1) is 11.3 Å². The normalized spacial score (nSPS) is 12.9. The minimum Gasteiger partial charge on any atom is -0.377 e. The molecule has 62 heavy (non-hydrogen) atoms. The Morgan fingerprint density at radius 2 is 0.952 bits per heavy atom. The number of amides is 7. The van der Waals surface area contributed by atoms with E-state index in [1.807, 2.05) is 20.8 Å². The fourth-order valence-electron chi connectivity index (χ4n) is 5.44. The molecule has 0 aliphatic carbocycles. The van der Waals surface area contributed by atoms with Gasteiger partial charge in [-0.05, 0) is 50.0 Å². The van der Waals surface area contributed by atoms with Crippen LogP contribution < -0.4 is 43.4 Å². The van der Waals surface area contributed by atoms with E-state index in [0.29, 0.717) is 124 Å². The number of urea groups is 1.